The minimum absolute atomic E-state index is 0.0271. The van der Waals surface area contributed by atoms with Crippen molar-refractivity contribution < 1.29 is 13.2 Å². The second-order valence-corrected chi connectivity index (χ2v) is 9.52. The molecular weight excluding hydrogens is 470 g/mol. The third kappa shape index (κ3) is 5.97. The summed E-state index contributed by atoms with van der Waals surface area (Å²) in [6, 6.07) is 12.7. The number of halogens is 1. The van der Waals surface area contributed by atoms with Crippen molar-refractivity contribution in [1.29, 1.82) is 0 Å². The highest BCUT2D eigenvalue weighted by Gasteiger charge is 2.15. The highest BCUT2D eigenvalue weighted by atomic mass is 79.9. The van der Waals surface area contributed by atoms with Crippen molar-refractivity contribution in [3.05, 3.63) is 70.0 Å². The van der Waals surface area contributed by atoms with Crippen LogP contribution >= 0.6 is 15.9 Å². The fraction of sp³-hybridized carbons (Fsp3) is 0.250. The van der Waals surface area contributed by atoms with Crippen LogP contribution in [0.2, 0.25) is 0 Å². The van der Waals surface area contributed by atoms with Gasteiger partial charge in [-0.2, -0.15) is 0 Å². The van der Waals surface area contributed by atoms with Crippen molar-refractivity contribution in [3.63, 3.8) is 0 Å². The maximum atomic E-state index is 12.4. The summed E-state index contributed by atoms with van der Waals surface area (Å²) in [6.45, 7) is 4.26. The summed E-state index contributed by atoms with van der Waals surface area (Å²) in [5.41, 5.74) is 2.95. The van der Waals surface area contributed by atoms with Crippen molar-refractivity contribution in [2.45, 2.75) is 31.7 Å². The number of carbonyl (C=O) groups is 1. The summed E-state index contributed by atoms with van der Waals surface area (Å²) in [7, 11) is -3.67. The van der Waals surface area contributed by atoms with E-state index in [9.17, 15) is 13.2 Å². The fourth-order valence-corrected chi connectivity index (χ4v) is 4.04. The van der Waals surface area contributed by atoms with E-state index in [1.165, 1.54) is 6.33 Å². The van der Waals surface area contributed by atoms with Crippen LogP contribution in [-0.2, 0) is 21.4 Å². The first kappa shape index (κ1) is 22.1. The Morgan fingerprint density at radius 2 is 1.83 bits per heavy atom. The van der Waals surface area contributed by atoms with Gasteiger partial charge in [-0.25, -0.2) is 22.8 Å². The summed E-state index contributed by atoms with van der Waals surface area (Å²) < 4.78 is 29.8. The number of amides is 1. The molecule has 0 aliphatic carbocycles. The van der Waals surface area contributed by atoms with Crippen LogP contribution in [0.25, 0.3) is 0 Å². The highest BCUT2D eigenvalue weighted by molar-refractivity contribution is 9.10. The normalized spacial score (nSPS) is 11.4. The smallest absolute Gasteiger partial charge is 0.248 e. The molecule has 0 unspecified atom stereocenters. The summed E-state index contributed by atoms with van der Waals surface area (Å²) in [5.74, 6) is -0.201. The number of nitrogens with one attached hydrogen (secondary N) is 2. The molecule has 0 radical (unpaired) electrons. The number of hydrogen-bond acceptors (Lipinski definition) is 5. The molecule has 0 saturated carbocycles. The van der Waals surface area contributed by atoms with Crippen LogP contribution in [0.3, 0.4) is 0 Å². The molecule has 158 valence electrons. The molecule has 8 nitrogen and oxygen atoms in total. The standard InChI is InChI=1S/C20H22BrN5O3S/c1-14-3-8-18(11-15(14)2)30(28,29)23-10-9-19(27)24-20-22-13-26(25-20)12-16-4-6-17(21)7-5-16/h3-8,11,13,23H,9-10,12H2,1-2H3,(H,24,25,27). The number of rotatable bonds is 8. The van der Waals surface area contributed by atoms with Crippen LogP contribution in [-0.4, -0.2) is 35.6 Å². The molecule has 0 spiro atoms. The van der Waals surface area contributed by atoms with Gasteiger partial charge in [0, 0.05) is 17.4 Å². The predicted molar refractivity (Wildman–Crippen MR) is 118 cm³/mol. The lowest BCUT2D eigenvalue weighted by atomic mass is 10.1. The average molecular weight is 492 g/mol. The van der Waals surface area contributed by atoms with E-state index < -0.39 is 10.0 Å². The average Bonchev–Trinajstić information content (AvgIpc) is 3.12. The van der Waals surface area contributed by atoms with Gasteiger partial charge in [-0.1, -0.05) is 34.1 Å². The van der Waals surface area contributed by atoms with Gasteiger partial charge < -0.3 is 0 Å². The van der Waals surface area contributed by atoms with E-state index in [0.717, 1.165) is 21.2 Å². The number of aryl methyl sites for hydroxylation is 2. The minimum Gasteiger partial charge on any atom is -0.293 e. The van der Waals surface area contributed by atoms with Crippen molar-refractivity contribution in [3.8, 4) is 0 Å². The third-order valence-corrected chi connectivity index (χ3v) is 6.47. The molecule has 2 N–H and O–H groups in total. The Morgan fingerprint density at radius 3 is 2.53 bits per heavy atom. The lowest BCUT2D eigenvalue weighted by molar-refractivity contribution is -0.116. The van der Waals surface area contributed by atoms with E-state index >= 15 is 0 Å². The topological polar surface area (TPSA) is 106 Å². The molecule has 3 rings (SSSR count). The molecule has 0 aliphatic rings. The Balaban J connectivity index is 1.49. The van der Waals surface area contributed by atoms with E-state index in [2.05, 4.69) is 36.1 Å². The van der Waals surface area contributed by atoms with E-state index in [-0.39, 0.29) is 29.7 Å². The van der Waals surface area contributed by atoms with Gasteiger partial charge in [-0.3, -0.25) is 10.1 Å². The number of benzene rings is 2. The number of aromatic nitrogens is 3. The summed E-state index contributed by atoms with van der Waals surface area (Å²) in [4.78, 5) is 16.3. The van der Waals surface area contributed by atoms with Crippen molar-refractivity contribution in [2.75, 3.05) is 11.9 Å². The zero-order chi connectivity index (χ0) is 21.7. The molecular formula is C20H22BrN5O3S. The van der Waals surface area contributed by atoms with Gasteiger partial charge in [-0.05, 0) is 54.8 Å². The summed E-state index contributed by atoms with van der Waals surface area (Å²) in [5, 5.41) is 6.79. The van der Waals surface area contributed by atoms with Crippen LogP contribution in [0.1, 0.15) is 23.1 Å². The first-order valence-electron chi connectivity index (χ1n) is 9.23. The van der Waals surface area contributed by atoms with Gasteiger partial charge >= 0.3 is 0 Å². The van der Waals surface area contributed by atoms with E-state index in [1.54, 1.807) is 22.9 Å². The lowest BCUT2D eigenvalue weighted by Crippen LogP contribution is -2.28. The molecule has 1 heterocycles. The second kappa shape index (κ2) is 9.50. The second-order valence-electron chi connectivity index (χ2n) is 6.83. The SMILES string of the molecule is Cc1ccc(S(=O)(=O)NCCC(=O)Nc2ncn(Cc3ccc(Br)cc3)n2)cc1C. The number of carbonyl (C=O) groups excluding carboxylic acids is 1. The van der Waals surface area contributed by atoms with Crippen molar-refractivity contribution >= 4 is 37.8 Å². The largest absolute Gasteiger partial charge is 0.293 e. The minimum atomic E-state index is -3.67. The maximum absolute atomic E-state index is 12.4. The van der Waals surface area contributed by atoms with Gasteiger partial charge in [0.05, 0.1) is 11.4 Å². The van der Waals surface area contributed by atoms with Gasteiger partial charge in [0.25, 0.3) is 0 Å². The monoisotopic (exact) mass is 491 g/mol. The molecule has 0 fully saturated rings. The molecule has 10 heteroatoms. The fourth-order valence-electron chi connectivity index (χ4n) is 2.66. The molecule has 3 aromatic rings. The highest BCUT2D eigenvalue weighted by Crippen LogP contribution is 2.14. The van der Waals surface area contributed by atoms with Gasteiger partial charge in [-0.15, -0.1) is 5.10 Å². The number of anilines is 1. The maximum Gasteiger partial charge on any atom is 0.248 e. The number of nitrogens with zero attached hydrogens (tertiary/aromatic N) is 3. The van der Waals surface area contributed by atoms with Crippen molar-refractivity contribution in [1.82, 2.24) is 19.5 Å². The molecule has 2 aromatic carbocycles. The Kier molecular flexibility index (Phi) is 7.01. The predicted octanol–water partition coefficient (Wildman–Crippen LogP) is 3.01. The molecule has 1 aromatic heterocycles. The zero-order valence-electron chi connectivity index (χ0n) is 16.6. The molecule has 30 heavy (non-hydrogen) atoms. The summed E-state index contributed by atoms with van der Waals surface area (Å²) in [6.07, 6.45) is 1.49. The van der Waals surface area contributed by atoms with E-state index in [4.69, 9.17) is 0 Å². The van der Waals surface area contributed by atoms with Crippen LogP contribution < -0.4 is 10.0 Å². The first-order valence-corrected chi connectivity index (χ1v) is 11.5. The van der Waals surface area contributed by atoms with Crippen LogP contribution in [0.5, 0.6) is 0 Å². The van der Waals surface area contributed by atoms with E-state index in [1.807, 2.05) is 38.1 Å². The third-order valence-electron chi connectivity index (χ3n) is 4.48. The molecule has 0 bridgehead atoms. The number of hydrogen-bond donors (Lipinski definition) is 2. The Bertz CT molecular complexity index is 1140. The zero-order valence-corrected chi connectivity index (χ0v) is 19.0. The van der Waals surface area contributed by atoms with Crippen LogP contribution in [0.15, 0.2) is 58.2 Å². The molecule has 0 atom stereocenters. The molecule has 1 amide bonds. The summed E-state index contributed by atoms with van der Waals surface area (Å²) >= 11 is 3.39. The Morgan fingerprint density at radius 1 is 1.10 bits per heavy atom. The Hall–Kier alpha value is -2.56. The van der Waals surface area contributed by atoms with Gasteiger partial charge in [0.1, 0.15) is 6.33 Å². The van der Waals surface area contributed by atoms with Gasteiger partial charge in [0.15, 0.2) is 0 Å². The molecule has 0 saturated heterocycles. The van der Waals surface area contributed by atoms with Gasteiger partial charge in [0.2, 0.25) is 21.9 Å². The lowest BCUT2D eigenvalue weighted by Gasteiger charge is -2.08. The first-order chi connectivity index (χ1) is 14.2. The van der Waals surface area contributed by atoms with Crippen LogP contribution in [0, 0.1) is 13.8 Å². The Labute approximate surface area is 183 Å². The van der Waals surface area contributed by atoms with Crippen LogP contribution in [0.4, 0.5) is 5.95 Å². The molecule has 0 aliphatic heterocycles. The van der Waals surface area contributed by atoms with E-state index in [0.29, 0.717) is 6.54 Å². The number of sulfonamides is 1. The quantitative estimate of drug-likeness (QED) is 0.503. The van der Waals surface area contributed by atoms with Crippen molar-refractivity contribution in [2.24, 2.45) is 0 Å².